The monoisotopic (exact) mass is 419 g/mol. The van der Waals surface area contributed by atoms with Crippen LogP contribution < -0.4 is 14.2 Å². The molecule has 0 fully saturated rings. The Morgan fingerprint density at radius 2 is 1.85 bits per heavy atom. The molecule has 2 aromatic carbocycles. The number of carbonyl (C=O) groups is 1. The number of ether oxygens (including phenoxy) is 2. The number of halogens is 3. The first-order valence-electron chi connectivity index (χ1n) is 7.66. The molecule has 6 nitrogen and oxygen atoms in total. The van der Waals surface area contributed by atoms with Crippen LogP contribution in [0.15, 0.2) is 30.3 Å². The lowest BCUT2D eigenvalue weighted by Crippen LogP contribution is -2.30. The van der Waals surface area contributed by atoms with E-state index in [2.05, 4.69) is 0 Å². The van der Waals surface area contributed by atoms with Gasteiger partial charge >= 0.3 is 0 Å². The molecule has 0 aliphatic rings. The van der Waals surface area contributed by atoms with E-state index in [1.165, 1.54) is 6.07 Å². The van der Waals surface area contributed by atoms with Crippen LogP contribution in [0.1, 0.15) is 22.8 Å². The van der Waals surface area contributed by atoms with E-state index in [-0.39, 0.29) is 12.2 Å². The maximum absolute atomic E-state index is 14.1. The number of hydrogen-bond donors (Lipinski definition) is 1. The summed E-state index contributed by atoms with van der Waals surface area (Å²) in [7, 11) is -3.91. The largest absolute Gasteiger partial charge is 0.492 e. The maximum atomic E-state index is 14.1. The molecule has 2 rings (SSSR count). The van der Waals surface area contributed by atoms with Crippen molar-refractivity contribution < 1.29 is 31.5 Å². The van der Waals surface area contributed by atoms with Crippen molar-refractivity contribution >= 4 is 27.5 Å². The number of amides is 1. The third-order valence-electron chi connectivity index (χ3n) is 3.26. The standard InChI is InChI=1S/C17H16ClF2NO5S/c1-3-25-16-5-4-11(7-13(16)18)26-9-10-6-15(20)12(8-14(10)19)17(22)21-27(2,23)24/h4-8H,3,9H2,1-2H3,(H,21,22). The summed E-state index contributed by atoms with van der Waals surface area (Å²) in [5.74, 6) is -2.50. The summed E-state index contributed by atoms with van der Waals surface area (Å²) in [5, 5.41) is 0.300. The van der Waals surface area contributed by atoms with Gasteiger partial charge in [-0.05, 0) is 31.2 Å². The number of sulfonamides is 1. The van der Waals surface area contributed by atoms with Crippen molar-refractivity contribution in [2.75, 3.05) is 12.9 Å². The first kappa shape index (κ1) is 20.9. The number of hydrogen-bond acceptors (Lipinski definition) is 5. The molecule has 0 spiro atoms. The van der Waals surface area contributed by atoms with E-state index in [4.69, 9.17) is 21.1 Å². The van der Waals surface area contributed by atoms with Gasteiger partial charge in [-0.25, -0.2) is 21.9 Å². The van der Waals surface area contributed by atoms with Crippen LogP contribution in [0.2, 0.25) is 5.02 Å². The van der Waals surface area contributed by atoms with E-state index in [1.807, 2.05) is 0 Å². The van der Waals surface area contributed by atoms with Crippen LogP contribution in [-0.4, -0.2) is 27.2 Å². The molecule has 0 heterocycles. The molecule has 2 aromatic rings. The van der Waals surface area contributed by atoms with Crippen LogP contribution >= 0.6 is 11.6 Å². The van der Waals surface area contributed by atoms with Gasteiger partial charge in [-0.15, -0.1) is 0 Å². The van der Waals surface area contributed by atoms with E-state index >= 15 is 0 Å². The van der Waals surface area contributed by atoms with Crippen molar-refractivity contribution in [3.8, 4) is 11.5 Å². The SMILES string of the molecule is CCOc1ccc(OCc2cc(F)c(C(=O)NS(C)(=O)=O)cc2F)cc1Cl. The van der Waals surface area contributed by atoms with Crippen molar-refractivity contribution in [2.24, 2.45) is 0 Å². The molecule has 146 valence electrons. The molecule has 1 amide bonds. The Balaban J connectivity index is 2.15. The molecule has 0 aliphatic carbocycles. The fourth-order valence-electron chi connectivity index (χ4n) is 2.10. The molecule has 27 heavy (non-hydrogen) atoms. The lowest BCUT2D eigenvalue weighted by molar-refractivity contribution is 0.0977. The molecular weight excluding hydrogens is 404 g/mol. The molecule has 0 radical (unpaired) electrons. The number of carbonyl (C=O) groups excluding carboxylic acids is 1. The van der Waals surface area contributed by atoms with Crippen molar-refractivity contribution in [1.82, 2.24) is 4.72 Å². The Bertz CT molecular complexity index is 966. The minimum absolute atomic E-state index is 0.159. The summed E-state index contributed by atoms with van der Waals surface area (Å²) in [6, 6.07) is 5.98. The van der Waals surface area contributed by atoms with E-state index in [1.54, 1.807) is 23.8 Å². The summed E-state index contributed by atoms with van der Waals surface area (Å²) < 4.78 is 62.5. The van der Waals surface area contributed by atoms with Gasteiger partial charge in [0.25, 0.3) is 5.91 Å². The first-order valence-corrected chi connectivity index (χ1v) is 9.93. The van der Waals surface area contributed by atoms with Crippen LogP contribution in [-0.2, 0) is 16.6 Å². The smallest absolute Gasteiger partial charge is 0.267 e. The van der Waals surface area contributed by atoms with Gasteiger partial charge in [0.05, 0.1) is 23.4 Å². The Morgan fingerprint density at radius 3 is 2.44 bits per heavy atom. The maximum Gasteiger partial charge on any atom is 0.267 e. The van der Waals surface area contributed by atoms with Crippen molar-refractivity contribution in [1.29, 1.82) is 0 Å². The molecule has 0 saturated heterocycles. The predicted octanol–water partition coefficient (Wildman–Crippen LogP) is 3.29. The molecule has 1 N–H and O–H groups in total. The highest BCUT2D eigenvalue weighted by Gasteiger charge is 2.19. The van der Waals surface area contributed by atoms with Crippen molar-refractivity contribution in [2.45, 2.75) is 13.5 Å². The van der Waals surface area contributed by atoms with Gasteiger partial charge in [-0.2, -0.15) is 0 Å². The summed E-state index contributed by atoms with van der Waals surface area (Å²) >= 11 is 6.02. The second-order valence-electron chi connectivity index (χ2n) is 5.44. The number of benzene rings is 2. The summed E-state index contributed by atoms with van der Waals surface area (Å²) in [6.45, 7) is 1.91. The number of nitrogens with one attached hydrogen (secondary N) is 1. The molecule has 0 atom stereocenters. The molecule has 0 saturated carbocycles. The Kier molecular flexibility index (Phi) is 6.61. The second kappa shape index (κ2) is 8.53. The van der Waals surface area contributed by atoms with Crippen LogP contribution in [0, 0.1) is 11.6 Å². The minimum atomic E-state index is -3.91. The first-order chi connectivity index (χ1) is 12.6. The second-order valence-corrected chi connectivity index (χ2v) is 7.60. The zero-order chi connectivity index (χ0) is 20.2. The normalized spacial score (nSPS) is 11.1. The van der Waals surface area contributed by atoms with E-state index in [0.29, 0.717) is 29.2 Å². The fraction of sp³-hybridized carbons (Fsp3) is 0.235. The third-order valence-corrected chi connectivity index (χ3v) is 4.11. The van der Waals surface area contributed by atoms with Crippen molar-refractivity contribution in [3.05, 3.63) is 58.1 Å². The lowest BCUT2D eigenvalue weighted by atomic mass is 10.1. The topological polar surface area (TPSA) is 81.7 Å². The zero-order valence-corrected chi connectivity index (χ0v) is 16.0. The highest BCUT2D eigenvalue weighted by molar-refractivity contribution is 7.89. The van der Waals surface area contributed by atoms with Gasteiger partial charge < -0.3 is 9.47 Å². The van der Waals surface area contributed by atoms with Gasteiger partial charge in [0.2, 0.25) is 10.0 Å². The van der Waals surface area contributed by atoms with E-state index in [0.717, 1.165) is 12.3 Å². The molecule has 0 bridgehead atoms. The average molecular weight is 420 g/mol. The highest BCUT2D eigenvalue weighted by Crippen LogP contribution is 2.29. The fourth-order valence-corrected chi connectivity index (χ4v) is 2.77. The minimum Gasteiger partial charge on any atom is -0.492 e. The molecule has 10 heteroatoms. The van der Waals surface area contributed by atoms with Crippen LogP contribution in [0.25, 0.3) is 0 Å². The van der Waals surface area contributed by atoms with Crippen LogP contribution in [0.3, 0.4) is 0 Å². The summed E-state index contributed by atoms with van der Waals surface area (Å²) in [5.41, 5.74) is -0.890. The van der Waals surface area contributed by atoms with E-state index in [9.17, 15) is 22.0 Å². The lowest BCUT2D eigenvalue weighted by Gasteiger charge is -2.11. The van der Waals surface area contributed by atoms with Gasteiger partial charge in [0.15, 0.2) is 0 Å². The predicted molar refractivity (Wildman–Crippen MR) is 95.6 cm³/mol. The summed E-state index contributed by atoms with van der Waals surface area (Å²) in [6.07, 6.45) is 0.726. The Hall–Kier alpha value is -2.39. The Labute approximate surface area is 160 Å². The molecular formula is C17H16ClF2NO5S. The quantitative estimate of drug-likeness (QED) is 0.744. The van der Waals surface area contributed by atoms with Gasteiger partial charge in [0.1, 0.15) is 29.7 Å². The highest BCUT2D eigenvalue weighted by atomic mass is 35.5. The Morgan fingerprint density at radius 1 is 1.15 bits per heavy atom. The molecule has 0 unspecified atom stereocenters. The number of rotatable bonds is 7. The van der Waals surface area contributed by atoms with Gasteiger partial charge in [-0.1, -0.05) is 11.6 Å². The van der Waals surface area contributed by atoms with Gasteiger partial charge in [0, 0.05) is 11.6 Å². The van der Waals surface area contributed by atoms with Crippen LogP contribution in [0.5, 0.6) is 11.5 Å². The molecule has 0 aromatic heterocycles. The van der Waals surface area contributed by atoms with Gasteiger partial charge in [-0.3, -0.25) is 4.79 Å². The third kappa shape index (κ3) is 5.80. The average Bonchev–Trinajstić information content (AvgIpc) is 2.56. The summed E-state index contributed by atoms with van der Waals surface area (Å²) in [4.78, 5) is 11.7. The zero-order valence-electron chi connectivity index (χ0n) is 14.4. The van der Waals surface area contributed by atoms with Crippen molar-refractivity contribution in [3.63, 3.8) is 0 Å². The van der Waals surface area contributed by atoms with Crippen LogP contribution in [0.4, 0.5) is 8.78 Å². The van der Waals surface area contributed by atoms with E-state index < -0.39 is 33.1 Å². The molecule has 0 aliphatic heterocycles.